The van der Waals surface area contributed by atoms with E-state index in [1.807, 2.05) is 0 Å². The number of rotatable bonds is 8. The number of imidazole rings is 1. The molecule has 1 saturated carbocycles. The summed E-state index contributed by atoms with van der Waals surface area (Å²) in [5, 5.41) is 15.1. The molecule has 4 rings (SSSR count). The maximum atomic E-state index is 13.5. The van der Waals surface area contributed by atoms with Crippen LogP contribution in [0.5, 0.6) is 11.5 Å². The highest BCUT2D eigenvalue weighted by Gasteiger charge is 2.51. The third-order valence-electron chi connectivity index (χ3n) is 5.96. The summed E-state index contributed by atoms with van der Waals surface area (Å²) in [6.07, 6.45) is -1.55. The summed E-state index contributed by atoms with van der Waals surface area (Å²) in [7, 11) is 1.68. The Kier molecular flexibility index (Phi) is 6.77. The summed E-state index contributed by atoms with van der Waals surface area (Å²) in [6, 6.07) is 9.66. The van der Waals surface area contributed by atoms with E-state index in [4.69, 9.17) is 4.74 Å². The van der Waals surface area contributed by atoms with Crippen molar-refractivity contribution in [2.45, 2.75) is 44.1 Å². The molecule has 1 heterocycles. The summed E-state index contributed by atoms with van der Waals surface area (Å²) >= 11 is 0. The van der Waals surface area contributed by atoms with Crippen LogP contribution in [0.2, 0.25) is 0 Å². The second kappa shape index (κ2) is 9.65. The SMILES string of the molecule is CC(O)c1ccc(Oc2ccc(CNC(=O)C3(NC(=O)c4nccn4C)CC3)cc2)c(C(F)(F)F)c1. The predicted octanol–water partition coefficient (Wildman–Crippen LogP) is 3.86. The minimum Gasteiger partial charge on any atom is -0.457 e. The minimum absolute atomic E-state index is 0.130. The third kappa shape index (κ3) is 5.51. The van der Waals surface area contributed by atoms with Gasteiger partial charge in [0.05, 0.1) is 11.7 Å². The number of amides is 2. The lowest BCUT2D eigenvalue weighted by molar-refractivity contribution is -0.138. The topological polar surface area (TPSA) is 105 Å². The fraction of sp³-hybridized carbons (Fsp3) is 0.320. The summed E-state index contributed by atoms with van der Waals surface area (Å²) < 4.78 is 47.5. The molecule has 0 radical (unpaired) electrons. The lowest BCUT2D eigenvalue weighted by Gasteiger charge is -2.17. The van der Waals surface area contributed by atoms with Crippen LogP contribution in [0.3, 0.4) is 0 Å². The fourth-order valence-electron chi connectivity index (χ4n) is 3.66. The molecule has 3 N–H and O–H groups in total. The Morgan fingerprint density at radius 1 is 1.19 bits per heavy atom. The molecule has 11 heteroatoms. The van der Waals surface area contributed by atoms with Crippen molar-refractivity contribution >= 4 is 11.8 Å². The molecular weight excluding hydrogens is 477 g/mol. The Labute approximate surface area is 205 Å². The van der Waals surface area contributed by atoms with E-state index in [0.717, 1.165) is 6.07 Å². The van der Waals surface area contributed by atoms with Gasteiger partial charge in [-0.3, -0.25) is 9.59 Å². The number of nitrogens with one attached hydrogen (secondary N) is 2. The van der Waals surface area contributed by atoms with Crippen LogP contribution < -0.4 is 15.4 Å². The molecule has 190 valence electrons. The first-order chi connectivity index (χ1) is 17.0. The summed E-state index contributed by atoms with van der Waals surface area (Å²) in [5.74, 6) is -0.748. The Hall–Kier alpha value is -3.86. The lowest BCUT2D eigenvalue weighted by atomic mass is 10.1. The van der Waals surface area contributed by atoms with E-state index in [9.17, 15) is 27.9 Å². The smallest absolute Gasteiger partial charge is 0.419 e. The van der Waals surface area contributed by atoms with Crippen LogP contribution in [-0.4, -0.2) is 32.0 Å². The number of aromatic nitrogens is 2. The Bertz CT molecular complexity index is 1270. The zero-order chi connectivity index (χ0) is 26.1. The number of nitrogens with zero attached hydrogens (tertiary/aromatic N) is 2. The molecule has 3 aromatic rings. The zero-order valence-electron chi connectivity index (χ0n) is 19.6. The van der Waals surface area contributed by atoms with Gasteiger partial charge in [-0.25, -0.2) is 4.98 Å². The molecule has 0 aliphatic heterocycles. The number of aliphatic hydroxyl groups is 1. The van der Waals surface area contributed by atoms with E-state index in [0.29, 0.717) is 18.4 Å². The van der Waals surface area contributed by atoms with Gasteiger partial charge in [0.2, 0.25) is 5.91 Å². The van der Waals surface area contributed by atoms with Crippen LogP contribution in [0.15, 0.2) is 54.9 Å². The minimum atomic E-state index is -4.66. The largest absolute Gasteiger partial charge is 0.457 e. The van der Waals surface area contributed by atoms with Gasteiger partial charge in [0.15, 0.2) is 5.82 Å². The van der Waals surface area contributed by atoms with Crippen molar-refractivity contribution in [3.05, 3.63) is 77.4 Å². The van der Waals surface area contributed by atoms with Gasteiger partial charge >= 0.3 is 6.18 Å². The molecule has 2 aromatic carbocycles. The van der Waals surface area contributed by atoms with Gasteiger partial charge in [0.1, 0.15) is 17.0 Å². The third-order valence-corrected chi connectivity index (χ3v) is 5.96. The highest BCUT2D eigenvalue weighted by Crippen LogP contribution is 2.40. The van der Waals surface area contributed by atoms with E-state index < -0.39 is 29.3 Å². The standard InChI is InChI=1S/C25H25F3N4O4/c1-15(33)17-5-8-20(19(13-17)25(26,27)28)36-18-6-3-16(4-7-18)14-30-23(35)24(9-10-24)31-22(34)21-29-11-12-32(21)2/h3-8,11-13,15,33H,9-10,14H2,1-2H3,(H,30,35)(H,31,34). The van der Waals surface area contributed by atoms with Crippen molar-refractivity contribution in [1.82, 2.24) is 20.2 Å². The van der Waals surface area contributed by atoms with Crippen LogP contribution in [0, 0.1) is 0 Å². The summed E-state index contributed by atoms with van der Waals surface area (Å²) in [5.41, 5.74) is -1.13. The molecule has 1 unspecified atom stereocenters. The van der Waals surface area contributed by atoms with E-state index in [-0.39, 0.29) is 35.3 Å². The molecular formula is C25H25F3N4O4. The first-order valence-corrected chi connectivity index (χ1v) is 11.2. The second-order valence-corrected chi connectivity index (χ2v) is 8.76. The van der Waals surface area contributed by atoms with Gasteiger partial charge in [0.25, 0.3) is 5.91 Å². The molecule has 36 heavy (non-hydrogen) atoms. The first kappa shape index (κ1) is 25.2. The molecule has 1 atom stereocenters. The molecule has 0 bridgehead atoms. The Morgan fingerprint density at radius 3 is 2.44 bits per heavy atom. The number of aryl methyl sites for hydroxylation is 1. The van der Waals surface area contributed by atoms with Crippen LogP contribution >= 0.6 is 0 Å². The average Bonchev–Trinajstić information content (AvgIpc) is 3.48. The second-order valence-electron chi connectivity index (χ2n) is 8.76. The number of carbonyl (C=O) groups excluding carboxylic acids is 2. The summed E-state index contributed by atoms with van der Waals surface area (Å²) in [6.45, 7) is 1.54. The maximum absolute atomic E-state index is 13.5. The fourth-order valence-corrected chi connectivity index (χ4v) is 3.66. The van der Waals surface area contributed by atoms with Crippen LogP contribution in [0.4, 0.5) is 13.2 Å². The van der Waals surface area contributed by atoms with Gasteiger partial charge in [-0.2, -0.15) is 13.2 Å². The Balaban J connectivity index is 1.37. The number of halogens is 3. The molecule has 1 aliphatic rings. The zero-order valence-corrected chi connectivity index (χ0v) is 19.6. The summed E-state index contributed by atoms with van der Waals surface area (Å²) in [4.78, 5) is 29.1. The average molecular weight is 502 g/mol. The highest BCUT2D eigenvalue weighted by atomic mass is 19.4. The molecule has 1 fully saturated rings. The number of hydrogen-bond acceptors (Lipinski definition) is 5. The highest BCUT2D eigenvalue weighted by molar-refractivity contribution is 5.98. The normalized spacial score (nSPS) is 15.2. The monoisotopic (exact) mass is 502 g/mol. The van der Waals surface area contributed by atoms with Crippen LogP contribution in [0.25, 0.3) is 0 Å². The maximum Gasteiger partial charge on any atom is 0.419 e. The first-order valence-electron chi connectivity index (χ1n) is 11.2. The van der Waals surface area contributed by atoms with Crippen LogP contribution in [-0.2, 0) is 24.6 Å². The Morgan fingerprint density at radius 2 is 1.89 bits per heavy atom. The van der Waals surface area contributed by atoms with Crippen molar-refractivity contribution in [3.63, 3.8) is 0 Å². The number of hydrogen-bond donors (Lipinski definition) is 3. The lowest BCUT2D eigenvalue weighted by Crippen LogP contribution is -2.49. The van der Waals surface area contributed by atoms with Crippen LogP contribution in [0.1, 0.15) is 53.2 Å². The van der Waals surface area contributed by atoms with E-state index in [2.05, 4.69) is 15.6 Å². The van der Waals surface area contributed by atoms with Gasteiger partial charge in [-0.15, -0.1) is 0 Å². The number of aliphatic hydroxyl groups excluding tert-OH is 1. The number of ether oxygens (including phenoxy) is 1. The molecule has 1 aromatic heterocycles. The molecule has 1 aliphatic carbocycles. The molecule has 0 saturated heterocycles. The van der Waals surface area contributed by atoms with Gasteiger partial charge < -0.3 is 25.0 Å². The number of carbonyl (C=O) groups is 2. The predicted molar refractivity (Wildman–Crippen MR) is 123 cm³/mol. The molecule has 0 spiro atoms. The van der Waals surface area contributed by atoms with Crippen molar-refractivity contribution in [3.8, 4) is 11.5 Å². The van der Waals surface area contributed by atoms with E-state index >= 15 is 0 Å². The van der Waals surface area contributed by atoms with Crippen molar-refractivity contribution in [2.24, 2.45) is 7.05 Å². The van der Waals surface area contributed by atoms with Gasteiger partial charge in [-0.1, -0.05) is 18.2 Å². The quantitative estimate of drug-likeness (QED) is 0.434. The van der Waals surface area contributed by atoms with E-state index in [1.54, 1.807) is 29.9 Å². The van der Waals surface area contributed by atoms with Crippen molar-refractivity contribution in [2.75, 3.05) is 0 Å². The molecule has 8 nitrogen and oxygen atoms in total. The number of benzene rings is 2. The van der Waals surface area contributed by atoms with Gasteiger partial charge in [-0.05, 0) is 55.2 Å². The molecule has 2 amide bonds. The van der Waals surface area contributed by atoms with E-state index in [1.165, 1.54) is 37.4 Å². The van der Waals surface area contributed by atoms with Crippen molar-refractivity contribution < 1.29 is 32.6 Å². The van der Waals surface area contributed by atoms with Gasteiger partial charge in [0, 0.05) is 26.0 Å². The van der Waals surface area contributed by atoms with Crippen molar-refractivity contribution in [1.29, 1.82) is 0 Å². The number of alkyl halides is 3.